The van der Waals surface area contributed by atoms with Gasteiger partial charge in [-0.2, -0.15) is 0 Å². The van der Waals surface area contributed by atoms with Crippen molar-refractivity contribution in [2.75, 3.05) is 7.05 Å². The Bertz CT molecular complexity index is 263. The van der Waals surface area contributed by atoms with Crippen LogP contribution in [0.4, 0.5) is 0 Å². The number of hydrogen-bond acceptors (Lipinski definition) is 1. The quantitative estimate of drug-likeness (QED) is 0.770. The summed E-state index contributed by atoms with van der Waals surface area (Å²) in [5.74, 6) is 0.683. The Morgan fingerprint density at radius 2 is 1.79 bits per heavy atom. The molecule has 1 aromatic rings. The zero-order chi connectivity index (χ0) is 10.6. The van der Waals surface area contributed by atoms with Gasteiger partial charge in [0.1, 0.15) is 0 Å². The van der Waals surface area contributed by atoms with E-state index in [1.165, 1.54) is 17.5 Å². The zero-order valence-corrected chi connectivity index (χ0v) is 9.67. The Labute approximate surface area is 87.5 Å². The second-order valence-electron chi connectivity index (χ2n) is 4.06. The SMILES string of the molecule is CCC(C)C(NC)c1ccc(C)cc1. The number of hydrogen-bond donors (Lipinski definition) is 1. The van der Waals surface area contributed by atoms with Crippen LogP contribution in [0.25, 0.3) is 0 Å². The molecule has 2 atom stereocenters. The lowest BCUT2D eigenvalue weighted by molar-refractivity contribution is 0.400. The van der Waals surface area contributed by atoms with Gasteiger partial charge in [0.05, 0.1) is 0 Å². The van der Waals surface area contributed by atoms with Crippen LogP contribution in [-0.2, 0) is 0 Å². The molecule has 0 bridgehead atoms. The first-order chi connectivity index (χ1) is 6.69. The highest BCUT2D eigenvalue weighted by Crippen LogP contribution is 2.23. The van der Waals surface area contributed by atoms with E-state index < -0.39 is 0 Å². The summed E-state index contributed by atoms with van der Waals surface area (Å²) in [7, 11) is 2.04. The van der Waals surface area contributed by atoms with Gasteiger partial charge in [-0.05, 0) is 25.5 Å². The third-order valence-electron chi connectivity index (χ3n) is 2.96. The first kappa shape index (κ1) is 11.3. The lowest BCUT2D eigenvalue weighted by Gasteiger charge is -2.23. The first-order valence-electron chi connectivity index (χ1n) is 5.42. The van der Waals surface area contributed by atoms with Gasteiger partial charge in [0.15, 0.2) is 0 Å². The Morgan fingerprint density at radius 3 is 2.21 bits per heavy atom. The predicted octanol–water partition coefficient (Wildman–Crippen LogP) is 3.30. The molecule has 0 saturated heterocycles. The molecular formula is C13H21N. The lowest BCUT2D eigenvalue weighted by atomic mass is 9.92. The van der Waals surface area contributed by atoms with Crippen LogP contribution < -0.4 is 5.32 Å². The summed E-state index contributed by atoms with van der Waals surface area (Å²) in [5.41, 5.74) is 2.72. The van der Waals surface area contributed by atoms with E-state index in [4.69, 9.17) is 0 Å². The number of rotatable bonds is 4. The van der Waals surface area contributed by atoms with Crippen molar-refractivity contribution in [1.82, 2.24) is 5.32 Å². The summed E-state index contributed by atoms with van der Waals surface area (Å²) in [4.78, 5) is 0. The second-order valence-corrected chi connectivity index (χ2v) is 4.06. The molecule has 14 heavy (non-hydrogen) atoms. The molecule has 0 amide bonds. The molecule has 0 saturated carbocycles. The topological polar surface area (TPSA) is 12.0 Å². The minimum absolute atomic E-state index is 0.487. The Hall–Kier alpha value is -0.820. The fourth-order valence-electron chi connectivity index (χ4n) is 1.79. The highest BCUT2D eigenvalue weighted by Gasteiger charge is 2.14. The summed E-state index contributed by atoms with van der Waals surface area (Å²) in [6, 6.07) is 9.30. The lowest BCUT2D eigenvalue weighted by Crippen LogP contribution is -2.22. The molecule has 0 aromatic heterocycles. The van der Waals surface area contributed by atoms with Crippen LogP contribution in [0.1, 0.15) is 37.4 Å². The number of nitrogens with one attached hydrogen (secondary N) is 1. The van der Waals surface area contributed by atoms with Crippen LogP contribution in [0.2, 0.25) is 0 Å². The molecule has 1 rings (SSSR count). The van der Waals surface area contributed by atoms with Crippen molar-refractivity contribution in [3.63, 3.8) is 0 Å². The van der Waals surface area contributed by atoms with E-state index in [0.29, 0.717) is 12.0 Å². The van der Waals surface area contributed by atoms with Gasteiger partial charge in [0, 0.05) is 6.04 Å². The van der Waals surface area contributed by atoms with Gasteiger partial charge in [-0.25, -0.2) is 0 Å². The van der Waals surface area contributed by atoms with Crippen LogP contribution in [0.15, 0.2) is 24.3 Å². The van der Waals surface area contributed by atoms with Gasteiger partial charge in [-0.15, -0.1) is 0 Å². The van der Waals surface area contributed by atoms with Crippen molar-refractivity contribution in [1.29, 1.82) is 0 Å². The Kier molecular flexibility index (Phi) is 4.15. The van der Waals surface area contributed by atoms with Gasteiger partial charge in [-0.1, -0.05) is 50.1 Å². The maximum Gasteiger partial charge on any atom is 0.0343 e. The molecule has 0 aliphatic carbocycles. The Morgan fingerprint density at radius 1 is 1.21 bits per heavy atom. The van der Waals surface area contributed by atoms with E-state index in [-0.39, 0.29) is 0 Å². The molecule has 0 aliphatic heterocycles. The third kappa shape index (κ3) is 2.58. The van der Waals surface area contributed by atoms with Crippen molar-refractivity contribution in [3.8, 4) is 0 Å². The minimum atomic E-state index is 0.487. The summed E-state index contributed by atoms with van der Waals surface area (Å²) >= 11 is 0. The molecule has 0 fully saturated rings. The molecule has 0 spiro atoms. The van der Waals surface area contributed by atoms with Gasteiger partial charge in [-0.3, -0.25) is 0 Å². The standard InChI is InChI=1S/C13H21N/c1-5-11(3)13(14-4)12-8-6-10(2)7-9-12/h6-9,11,13-14H,5H2,1-4H3. The maximum atomic E-state index is 3.39. The maximum absolute atomic E-state index is 3.39. The normalized spacial score (nSPS) is 15.1. The summed E-state index contributed by atoms with van der Waals surface area (Å²) in [6.45, 7) is 6.66. The summed E-state index contributed by atoms with van der Waals surface area (Å²) in [6.07, 6.45) is 1.21. The van der Waals surface area contributed by atoms with E-state index in [1.807, 2.05) is 7.05 Å². The average Bonchev–Trinajstić information content (AvgIpc) is 2.21. The fraction of sp³-hybridized carbons (Fsp3) is 0.538. The molecule has 0 aliphatic rings. The zero-order valence-electron chi connectivity index (χ0n) is 9.67. The van der Waals surface area contributed by atoms with Crippen molar-refractivity contribution in [2.24, 2.45) is 5.92 Å². The van der Waals surface area contributed by atoms with E-state index in [2.05, 4.69) is 50.4 Å². The second kappa shape index (κ2) is 5.16. The van der Waals surface area contributed by atoms with Gasteiger partial charge in [0.2, 0.25) is 0 Å². The van der Waals surface area contributed by atoms with E-state index >= 15 is 0 Å². The van der Waals surface area contributed by atoms with Crippen molar-refractivity contribution >= 4 is 0 Å². The molecule has 0 heterocycles. The first-order valence-corrected chi connectivity index (χ1v) is 5.42. The van der Waals surface area contributed by atoms with Crippen LogP contribution in [0, 0.1) is 12.8 Å². The third-order valence-corrected chi connectivity index (χ3v) is 2.96. The minimum Gasteiger partial charge on any atom is -0.313 e. The van der Waals surface area contributed by atoms with Crippen molar-refractivity contribution in [2.45, 2.75) is 33.2 Å². The smallest absolute Gasteiger partial charge is 0.0343 e. The van der Waals surface area contributed by atoms with Crippen molar-refractivity contribution in [3.05, 3.63) is 35.4 Å². The van der Waals surface area contributed by atoms with Gasteiger partial charge >= 0.3 is 0 Å². The largest absolute Gasteiger partial charge is 0.313 e. The van der Waals surface area contributed by atoms with E-state index in [1.54, 1.807) is 0 Å². The molecule has 1 aromatic carbocycles. The number of aryl methyl sites for hydroxylation is 1. The van der Waals surface area contributed by atoms with Crippen molar-refractivity contribution < 1.29 is 0 Å². The molecular weight excluding hydrogens is 170 g/mol. The van der Waals surface area contributed by atoms with E-state index in [9.17, 15) is 0 Å². The summed E-state index contributed by atoms with van der Waals surface area (Å²) < 4.78 is 0. The van der Waals surface area contributed by atoms with E-state index in [0.717, 1.165) is 0 Å². The molecule has 1 N–H and O–H groups in total. The Balaban J connectivity index is 2.84. The van der Waals surface area contributed by atoms with Crippen LogP contribution in [0.3, 0.4) is 0 Å². The summed E-state index contributed by atoms with van der Waals surface area (Å²) in [5, 5.41) is 3.39. The highest BCUT2D eigenvalue weighted by molar-refractivity contribution is 5.24. The van der Waals surface area contributed by atoms with Crippen LogP contribution in [0.5, 0.6) is 0 Å². The molecule has 1 heteroatoms. The number of benzene rings is 1. The van der Waals surface area contributed by atoms with Gasteiger partial charge < -0.3 is 5.32 Å². The predicted molar refractivity (Wildman–Crippen MR) is 62.4 cm³/mol. The van der Waals surface area contributed by atoms with Crippen LogP contribution in [-0.4, -0.2) is 7.05 Å². The molecule has 2 unspecified atom stereocenters. The average molecular weight is 191 g/mol. The monoisotopic (exact) mass is 191 g/mol. The molecule has 1 nitrogen and oxygen atoms in total. The fourth-order valence-corrected chi connectivity index (χ4v) is 1.79. The van der Waals surface area contributed by atoms with Gasteiger partial charge in [0.25, 0.3) is 0 Å². The highest BCUT2D eigenvalue weighted by atomic mass is 14.9. The molecule has 0 radical (unpaired) electrons. The molecule has 78 valence electrons. The van der Waals surface area contributed by atoms with Crippen LogP contribution >= 0.6 is 0 Å².